The maximum Gasteiger partial charge on any atom is 0.414 e. The van der Waals surface area contributed by atoms with Crippen molar-refractivity contribution in [2.24, 2.45) is 0 Å². The van der Waals surface area contributed by atoms with Gasteiger partial charge in [0.1, 0.15) is 12.4 Å². The van der Waals surface area contributed by atoms with E-state index in [1.807, 2.05) is 36.4 Å². The lowest BCUT2D eigenvalue weighted by atomic mass is 9.97. The van der Waals surface area contributed by atoms with Crippen LogP contribution >= 0.6 is 11.3 Å². The molecular formula is C36H38N2O10S. The Balaban J connectivity index is 0.000000388. The molecule has 0 bridgehead atoms. The standard InChI is InChI=1S/C32H34N2O2S.2C2H2O4/c35-31(25-11-9-24(10-12-25)23-34-19-5-6-20-34)30-28-7-1-2-8-29(28)37-32(30)26-13-15-27(16-14-26)36-22-21-33-17-3-4-18-33;2*3-1(4)2(5)6/h1-2,7-16H,3-6,17-23H2;2*(H,3,4)(H,5,6). The summed E-state index contributed by atoms with van der Waals surface area (Å²) >= 11 is 1.69. The summed E-state index contributed by atoms with van der Waals surface area (Å²) in [5.41, 5.74) is 3.88. The first kappa shape index (κ1) is 36.7. The predicted octanol–water partition coefficient (Wildman–Crippen LogP) is 5.18. The minimum atomic E-state index is -1.82. The fraction of sp³-hybridized carbons (Fsp3) is 0.306. The van der Waals surface area contributed by atoms with Gasteiger partial charge in [0, 0.05) is 39.2 Å². The van der Waals surface area contributed by atoms with Gasteiger partial charge in [-0.3, -0.25) is 14.6 Å². The lowest BCUT2D eigenvalue weighted by Gasteiger charge is -2.15. The van der Waals surface area contributed by atoms with E-state index in [1.54, 1.807) is 11.3 Å². The summed E-state index contributed by atoms with van der Waals surface area (Å²) in [5.74, 6) is -6.33. The molecule has 258 valence electrons. The molecule has 3 heterocycles. The number of hydrogen-bond donors (Lipinski definition) is 4. The Morgan fingerprint density at radius 2 is 1.18 bits per heavy atom. The van der Waals surface area contributed by atoms with Gasteiger partial charge < -0.3 is 25.2 Å². The zero-order valence-electron chi connectivity index (χ0n) is 26.7. The van der Waals surface area contributed by atoms with Crippen LogP contribution in [-0.2, 0) is 25.7 Å². The molecule has 2 aliphatic heterocycles. The SMILES string of the molecule is O=C(O)C(=O)O.O=C(O)C(=O)O.O=C(c1ccc(CN2CCCC2)cc1)c1c(-c2ccc(OCCN3CCCC3)cc2)sc2ccccc12. The normalized spacial score (nSPS) is 14.3. The van der Waals surface area contributed by atoms with Crippen molar-refractivity contribution in [3.05, 3.63) is 89.5 Å². The Morgan fingerprint density at radius 3 is 1.73 bits per heavy atom. The molecule has 0 atom stereocenters. The van der Waals surface area contributed by atoms with Crippen LogP contribution in [0.25, 0.3) is 20.5 Å². The van der Waals surface area contributed by atoms with Gasteiger partial charge in [-0.05, 0) is 93.3 Å². The van der Waals surface area contributed by atoms with E-state index in [9.17, 15) is 4.79 Å². The lowest BCUT2D eigenvalue weighted by Crippen LogP contribution is -2.25. The van der Waals surface area contributed by atoms with Crippen molar-refractivity contribution in [2.45, 2.75) is 32.2 Å². The summed E-state index contributed by atoms with van der Waals surface area (Å²) in [4.78, 5) is 56.2. The van der Waals surface area contributed by atoms with Crippen molar-refractivity contribution in [3.63, 3.8) is 0 Å². The molecule has 49 heavy (non-hydrogen) atoms. The average Bonchev–Trinajstić information content (AvgIpc) is 3.88. The van der Waals surface area contributed by atoms with Crippen LogP contribution in [0.2, 0.25) is 0 Å². The number of aliphatic carboxylic acids is 4. The minimum absolute atomic E-state index is 0.0890. The summed E-state index contributed by atoms with van der Waals surface area (Å²) in [7, 11) is 0. The number of hydrogen-bond acceptors (Lipinski definition) is 9. The molecule has 0 aliphatic carbocycles. The van der Waals surface area contributed by atoms with Crippen molar-refractivity contribution in [1.29, 1.82) is 0 Å². The number of carboxylic acids is 4. The first-order chi connectivity index (χ1) is 23.5. The minimum Gasteiger partial charge on any atom is -0.492 e. The Morgan fingerprint density at radius 1 is 0.653 bits per heavy atom. The van der Waals surface area contributed by atoms with E-state index < -0.39 is 23.9 Å². The first-order valence-electron chi connectivity index (χ1n) is 15.8. The van der Waals surface area contributed by atoms with Gasteiger partial charge in [-0.2, -0.15) is 0 Å². The number of carbonyl (C=O) groups is 5. The van der Waals surface area contributed by atoms with Gasteiger partial charge in [0.05, 0.1) is 0 Å². The number of benzene rings is 3. The van der Waals surface area contributed by atoms with E-state index in [0.29, 0.717) is 6.61 Å². The molecule has 12 nitrogen and oxygen atoms in total. The third kappa shape index (κ3) is 10.7. The van der Waals surface area contributed by atoms with Crippen LogP contribution in [0.5, 0.6) is 5.75 Å². The summed E-state index contributed by atoms with van der Waals surface area (Å²) in [6, 6.07) is 24.7. The third-order valence-electron chi connectivity index (χ3n) is 8.00. The van der Waals surface area contributed by atoms with Crippen LogP contribution in [0, 0.1) is 0 Å². The van der Waals surface area contributed by atoms with E-state index in [2.05, 4.69) is 46.2 Å². The van der Waals surface area contributed by atoms with Crippen LogP contribution in [-0.4, -0.2) is 99.2 Å². The number of fused-ring (bicyclic) bond motifs is 1. The summed E-state index contributed by atoms with van der Waals surface area (Å²) < 4.78 is 7.15. The van der Waals surface area contributed by atoms with E-state index in [-0.39, 0.29) is 5.78 Å². The number of carbonyl (C=O) groups excluding carboxylic acids is 1. The van der Waals surface area contributed by atoms with Crippen molar-refractivity contribution in [1.82, 2.24) is 9.80 Å². The zero-order chi connectivity index (χ0) is 35.3. The molecular weight excluding hydrogens is 652 g/mol. The van der Waals surface area contributed by atoms with Gasteiger partial charge in [0.15, 0.2) is 5.78 Å². The van der Waals surface area contributed by atoms with Gasteiger partial charge in [-0.1, -0.05) is 42.5 Å². The molecule has 4 N–H and O–H groups in total. The molecule has 4 aromatic rings. The maximum atomic E-state index is 13.9. The molecule has 6 rings (SSSR count). The van der Waals surface area contributed by atoms with E-state index in [1.165, 1.54) is 57.4 Å². The molecule has 2 saturated heterocycles. The quantitative estimate of drug-likeness (QED) is 0.134. The Kier molecular flexibility index (Phi) is 13.4. The van der Waals surface area contributed by atoms with Gasteiger partial charge in [-0.25, -0.2) is 19.2 Å². The molecule has 2 aliphatic rings. The number of rotatable bonds is 9. The lowest BCUT2D eigenvalue weighted by molar-refractivity contribution is -0.159. The number of nitrogens with zero attached hydrogens (tertiary/aromatic N) is 2. The molecule has 0 saturated carbocycles. The van der Waals surface area contributed by atoms with Gasteiger partial charge in [-0.15, -0.1) is 11.3 Å². The highest BCUT2D eigenvalue weighted by Crippen LogP contribution is 2.40. The molecule has 2 fully saturated rings. The fourth-order valence-electron chi connectivity index (χ4n) is 5.58. The second kappa shape index (κ2) is 17.9. The monoisotopic (exact) mass is 690 g/mol. The fourth-order valence-corrected chi connectivity index (χ4v) is 6.79. The van der Waals surface area contributed by atoms with Crippen molar-refractivity contribution in [3.8, 4) is 16.2 Å². The first-order valence-corrected chi connectivity index (χ1v) is 16.6. The maximum absolute atomic E-state index is 13.9. The van der Waals surface area contributed by atoms with E-state index in [0.717, 1.165) is 50.5 Å². The number of ketones is 1. The van der Waals surface area contributed by atoms with Crippen LogP contribution in [0.1, 0.15) is 47.2 Å². The number of ether oxygens (including phenoxy) is 1. The van der Waals surface area contributed by atoms with E-state index in [4.69, 9.17) is 44.3 Å². The molecule has 1 aromatic heterocycles. The number of thiophene rings is 1. The second-order valence-corrected chi connectivity index (χ2v) is 12.5. The smallest absolute Gasteiger partial charge is 0.414 e. The predicted molar refractivity (Wildman–Crippen MR) is 183 cm³/mol. The average molecular weight is 691 g/mol. The second-order valence-electron chi connectivity index (χ2n) is 11.5. The molecule has 0 amide bonds. The van der Waals surface area contributed by atoms with Crippen LogP contribution < -0.4 is 4.74 Å². The van der Waals surface area contributed by atoms with Crippen molar-refractivity contribution >= 4 is 51.1 Å². The highest BCUT2D eigenvalue weighted by Gasteiger charge is 2.22. The summed E-state index contributed by atoms with van der Waals surface area (Å²) in [6.45, 7) is 7.37. The topological polar surface area (TPSA) is 182 Å². The Labute approximate surface area is 286 Å². The number of carboxylic acid groups (broad SMARTS) is 4. The van der Waals surface area contributed by atoms with Gasteiger partial charge in [0.2, 0.25) is 0 Å². The highest BCUT2D eigenvalue weighted by atomic mass is 32.1. The van der Waals surface area contributed by atoms with Crippen LogP contribution in [0.4, 0.5) is 0 Å². The van der Waals surface area contributed by atoms with Crippen molar-refractivity contribution < 1.29 is 49.1 Å². The molecule has 3 aromatic carbocycles. The summed E-state index contributed by atoms with van der Waals surface area (Å²) in [6.07, 6.45) is 5.17. The van der Waals surface area contributed by atoms with Crippen molar-refractivity contribution in [2.75, 3.05) is 39.3 Å². The van der Waals surface area contributed by atoms with Gasteiger partial charge >= 0.3 is 23.9 Å². The van der Waals surface area contributed by atoms with Crippen LogP contribution in [0.3, 0.4) is 0 Å². The van der Waals surface area contributed by atoms with Crippen LogP contribution in [0.15, 0.2) is 72.8 Å². The molecule has 13 heteroatoms. The van der Waals surface area contributed by atoms with Gasteiger partial charge in [0.25, 0.3) is 0 Å². The zero-order valence-corrected chi connectivity index (χ0v) is 27.6. The largest absolute Gasteiger partial charge is 0.492 e. The van der Waals surface area contributed by atoms with E-state index >= 15 is 0 Å². The Bertz CT molecular complexity index is 1710. The highest BCUT2D eigenvalue weighted by molar-refractivity contribution is 7.22. The molecule has 0 unspecified atom stereocenters. The Hall–Kier alpha value is -5.11. The molecule has 0 spiro atoms. The number of likely N-dealkylation sites (tertiary alicyclic amines) is 2. The summed E-state index contributed by atoms with van der Waals surface area (Å²) in [5, 5.41) is 30.6. The molecule has 0 radical (unpaired) electrons. The third-order valence-corrected chi connectivity index (χ3v) is 9.22.